The highest BCUT2D eigenvalue weighted by atomic mass is 35.5. The van der Waals surface area contributed by atoms with Gasteiger partial charge in [-0.3, -0.25) is 0 Å². The minimum atomic E-state index is -1.08. The summed E-state index contributed by atoms with van der Waals surface area (Å²) in [5.74, 6) is 0. The molecule has 1 nitrogen and oxygen atoms in total. The van der Waals surface area contributed by atoms with Gasteiger partial charge in [0.25, 0.3) is 0 Å². The third kappa shape index (κ3) is 0.914. The Morgan fingerprint density at radius 2 is 1.63 bits per heavy atom. The van der Waals surface area contributed by atoms with E-state index < -0.39 is 29.4 Å². The van der Waals surface area contributed by atoms with Crippen molar-refractivity contribution in [2.24, 2.45) is 0 Å². The second kappa shape index (κ2) is 2.82. The molecule has 5 rings (SSSR count). The summed E-state index contributed by atoms with van der Waals surface area (Å²) < 4.78 is 5.63. The summed E-state index contributed by atoms with van der Waals surface area (Å²) in [4.78, 5) is -4.28. The van der Waals surface area contributed by atoms with Crippen molar-refractivity contribution in [1.82, 2.24) is 0 Å². The minimum absolute atomic E-state index is 0.116. The number of fused-ring (bicyclic) bond motifs is 8. The van der Waals surface area contributed by atoms with E-state index in [-0.39, 0.29) is 6.10 Å². The van der Waals surface area contributed by atoms with Gasteiger partial charge >= 0.3 is 0 Å². The molecule has 0 radical (unpaired) electrons. The van der Waals surface area contributed by atoms with Crippen molar-refractivity contribution in [3.05, 3.63) is 11.6 Å². The first-order chi connectivity index (χ1) is 8.61. The maximum absolute atomic E-state index is 6.92. The molecule has 0 amide bonds. The van der Waals surface area contributed by atoms with E-state index in [9.17, 15) is 0 Å². The Labute approximate surface area is 140 Å². The van der Waals surface area contributed by atoms with Gasteiger partial charge in [0.1, 0.15) is 11.0 Å². The Hall–Kier alpha value is 1.44. The van der Waals surface area contributed by atoms with Crippen LogP contribution in [0, 0.1) is 0 Å². The van der Waals surface area contributed by atoms with Crippen LogP contribution in [-0.4, -0.2) is 35.5 Å². The lowest BCUT2D eigenvalue weighted by Crippen LogP contribution is -2.61. The molecule has 0 aromatic carbocycles. The molecule has 0 N–H and O–H groups in total. The lowest BCUT2D eigenvalue weighted by molar-refractivity contribution is 0.303. The standard InChI is InChI=1S/C12H8Cl6O/c13-7-3-8(7,14)9(15)4-10(9,16)11(17)5(7)1-2-6-12(11,18)19-6/h1,6H,2-4H2. The number of ether oxygens (including phenoxy) is 1. The molecule has 4 aliphatic carbocycles. The van der Waals surface area contributed by atoms with E-state index in [0.29, 0.717) is 19.3 Å². The Balaban J connectivity index is 1.82. The molecule has 3 saturated carbocycles. The quantitative estimate of drug-likeness (QED) is 0.345. The molecule has 0 spiro atoms. The van der Waals surface area contributed by atoms with Crippen molar-refractivity contribution >= 4 is 69.6 Å². The summed E-state index contributed by atoms with van der Waals surface area (Å²) in [5.41, 5.74) is 0.811. The number of halogens is 6. The van der Waals surface area contributed by atoms with Crippen LogP contribution in [0.4, 0.5) is 0 Å². The van der Waals surface area contributed by atoms with Crippen molar-refractivity contribution in [2.45, 2.75) is 54.8 Å². The van der Waals surface area contributed by atoms with E-state index in [2.05, 4.69) is 0 Å². The Bertz CT molecular complexity index is 595. The van der Waals surface area contributed by atoms with Gasteiger partial charge < -0.3 is 4.74 Å². The number of hydrogen-bond donors (Lipinski definition) is 0. The molecule has 5 aliphatic rings. The molecule has 0 bridgehead atoms. The lowest BCUT2D eigenvalue weighted by Gasteiger charge is -2.47. The smallest absolute Gasteiger partial charge is 0.193 e. The van der Waals surface area contributed by atoms with Gasteiger partial charge in [-0.2, -0.15) is 0 Å². The summed E-state index contributed by atoms with van der Waals surface area (Å²) in [6.45, 7) is 0. The first kappa shape index (κ1) is 12.9. The molecular formula is C12H8Cl6O. The van der Waals surface area contributed by atoms with Crippen LogP contribution in [-0.2, 0) is 4.74 Å². The summed E-state index contributed by atoms with van der Waals surface area (Å²) in [7, 11) is 0. The van der Waals surface area contributed by atoms with E-state index in [1.165, 1.54) is 0 Å². The normalized spacial score (nSPS) is 75.1. The first-order valence-corrected chi connectivity index (χ1v) is 8.40. The topological polar surface area (TPSA) is 12.5 Å². The van der Waals surface area contributed by atoms with E-state index in [1.807, 2.05) is 6.08 Å². The summed E-state index contributed by atoms with van der Waals surface area (Å²) in [6, 6.07) is 0. The van der Waals surface area contributed by atoms with Gasteiger partial charge in [-0.15, -0.1) is 58.0 Å². The van der Waals surface area contributed by atoms with Gasteiger partial charge in [-0.25, -0.2) is 0 Å². The SMILES string of the molecule is ClC12CC1(Cl)C1(Cl)CC1(Cl)C1(Cl)C2=CCC2OC21Cl. The fourth-order valence-corrected chi connectivity index (χ4v) is 8.09. The Morgan fingerprint density at radius 1 is 0.947 bits per heavy atom. The Morgan fingerprint density at radius 3 is 2.32 bits per heavy atom. The second-order valence-electron chi connectivity index (χ2n) is 6.32. The molecule has 1 heterocycles. The highest BCUT2D eigenvalue weighted by Gasteiger charge is 3.01. The summed E-state index contributed by atoms with van der Waals surface area (Å²) >= 11 is 40.4. The zero-order valence-corrected chi connectivity index (χ0v) is 14.0. The van der Waals surface area contributed by atoms with Crippen molar-refractivity contribution in [3.63, 3.8) is 0 Å². The molecule has 7 unspecified atom stereocenters. The van der Waals surface area contributed by atoms with Gasteiger partial charge in [-0.1, -0.05) is 17.7 Å². The molecule has 0 aromatic heterocycles. The van der Waals surface area contributed by atoms with Gasteiger partial charge in [0.05, 0.1) is 19.5 Å². The molecule has 4 fully saturated rings. The lowest BCUT2D eigenvalue weighted by atomic mass is 9.74. The largest absolute Gasteiger partial charge is 0.347 e. The third-order valence-corrected chi connectivity index (χ3v) is 10.5. The zero-order valence-electron chi connectivity index (χ0n) is 9.45. The van der Waals surface area contributed by atoms with Crippen LogP contribution >= 0.6 is 69.6 Å². The molecule has 104 valence electrons. The predicted octanol–water partition coefficient (Wildman–Crippen LogP) is 4.36. The third-order valence-electron chi connectivity index (χ3n) is 5.63. The zero-order chi connectivity index (χ0) is 13.7. The molecule has 7 heteroatoms. The number of epoxide rings is 1. The molecule has 0 aromatic rings. The van der Waals surface area contributed by atoms with E-state index in [0.717, 1.165) is 5.57 Å². The van der Waals surface area contributed by atoms with Gasteiger partial charge in [-0.05, 0) is 24.8 Å². The number of rotatable bonds is 0. The summed E-state index contributed by atoms with van der Waals surface area (Å²) in [6.07, 6.45) is 3.64. The van der Waals surface area contributed by atoms with Crippen LogP contribution in [0.5, 0.6) is 0 Å². The summed E-state index contributed by atoms with van der Waals surface area (Å²) in [5, 5.41) is -1.00. The van der Waals surface area contributed by atoms with Crippen LogP contribution in [0.1, 0.15) is 19.3 Å². The molecular weight excluding hydrogens is 373 g/mol. The van der Waals surface area contributed by atoms with Gasteiger partial charge in [0, 0.05) is 0 Å². The van der Waals surface area contributed by atoms with Crippen LogP contribution in [0.3, 0.4) is 0 Å². The van der Waals surface area contributed by atoms with Gasteiger partial charge in [0.15, 0.2) is 5.06 Å². The van der Waals surface area contributed by atoms with Crippen molar-refractivity contribution in [3.8, 4) is 0 Å². The average Bonchev–Trinajstić information content (AvgIpc) is 3.20. The maximum Gasteiger partial charge on any atom is 0.193 e. The van der Waals surface area contributed by atoms with Crippen molar-refractivity contribution in [2.75, 3.05) is 0 Å². The maximum atomic E-state index is 6.92. The molecule has 19 heavy (non-hydrogen) atoms. The highest BCUT2D eigenvalue weighted by Crippen LogP contribution is 2.91. The average molecular weight is 381 g/mol. The fourth-order valence-electron chi connectivity index (χ4n) is 4.34. The van der Waals surface area contributed by atoms with E-state index >= 15 is 0 Å². The second-order valence-corrected chi connectivity index (χ2v) is 10.0. The fraction of sp³-hybridized carbons (Fsp3) is 0.833. The van der Waals surface area contributed by atoms with E-state index in [1.54, 1.807) is 0 Å². The van der Waals surface area contributed by atoms with Crippen molar-refractivity contribution < 1.29 is 4.74 Å². The monoisotopic (exact) mass is 378 g/mol. The van der Waals surface area contributed by atoms with Crippen LogP contribution in [0.25, 0.3) is 0 Å². The van der Waals surface area contributed by atoms with Crippen LogP contribution in [0.2, 0.25) is 0 Å². The van der Waals surface area contributed by atoms with Gasteiger partial charge in [0.2, 0.25) is 0 Å². The van der Waals surface area contributed by atoms with E-state index in [4.69, 9.17) is 74.3 Å². The highest BCUT2D eigenvalue weighted by molar-refractivity contribution is 6.57. The van der Waals surface area contributed by atoms with Crippen molar-refractivity contribution in [1.29, 1.82) is 0 Å². The minimum Gasteiger partial charge on any atom is -0.347 e. The van der Waals surface area contributed by atoms with Crippen LogP contribution in [0.15, 0.2) is 11.6 Å². The Kier molecular flexibility index (Phi) is 1.92. The number of alkyl halides is 6. The molecule has 1 saturated heterocycles. The molecule has 1 aliphatic heterocycles. The predicted molar refractivity (Wildman–Crippen MR) is 78.3 cm³/mol. The van der Waals surface area contributed by atoms with Crippen LogP contribution < -0.4 is 0 Å². The molecule has 7 atom stereocenters. The number of hydrogen-bond acceptors (Lipinski definition) is 1. The first-order valence-electron chi connectivity index (χ1n) is 6.13.